The Kier molecular flexibility index (Phi) is 5.13. The van der Waals surface area contributed by atoms with Gasteiger partial charge in [0.25, 0.3) is 0 Å². The Morgan fingerprint density at radius 1 is 1.46 bits per heavy atom. The second-order valence-corrected chi connectivity index (χ2v) is 3.78. The van der Waals surface area contributed by atoms with E-state index in [0.29, 0.717) is 6.42 Å². The van der Waals surface area contributed by atoms with Crippen LogP contribution in [0.2, 0.25) is 0 Å². The Hall–Kier alpha value is -1.04. The first-order chi connectivity index (χ1) is 6.02. The van der Waals surface area contributed by atoms with E-state index >= 15 is 0 Å². The van der Waals surface area contributed by atoms with Gasteiger partial charge in [0.1, 0.15) is 0 Å². The molecule has 3 nitrogen and oxygen atoms in total. The summed E-state index contributed by atoms with van der Waals surface area (Å²) in [6.45, 7) is 3.82. The van der Waals surface area contributed by atoms with Crippen LogP contribution in [0.4, 0.5) is 0 Å². The number of hydrogen-bond donors (Lipinski definition) is 0. The Labute approximate surface area is 79.7 Å². The van der Waals surface area contributed by atoms with Crippen LogP contribution in [0.25, 0.3) is 0 Å². The smallest absolute Gasteiger partial charge is 0.305 e. The van der Waals surface area contributed by atoms with E-state index in [1.807, 2.05) is 13.8 Å². The summed E-state index contributed by atoms with van der Waals surface area (Å²) in [5, 5.41) is 8.71. The van der Waals surface area contributed by atoms with Gasteiger partial charge in [-0.1, -0.05) is 6.42 Å². The minimum absolute atomic E-state index is 0.172. The van der Waals surface area contributed by atoms with Gasteiger partial charge in [-0.25, -0.2) is 0 Å². The second kappa shape index (κ2) is 5.58. The van der Waals surface area contributed by atoms with Crippen LogP contribution >= 0.6 is 0 Å². The third-order valence-corrected chi connectivity index (χ3v) is 1.96. The fraction of sp³-hybridized carbons (Fsp3) is 0.800. The van der Waals surface area contributed by atoms with E-state index in [1.54, 1.807) is 0 Å². The van der Waals surface area contributed by atoms with Gasteiger partial charge in [0.15, 0.2) is 0 Å². The fourth-order valence-electron chi connectivity index (χ4n) is 0.994. The van der Waals surface area contributed by atoms with E-state index in [2.05, 4.69) is 10.8 Å². The zero-order valence-electron chi connectivity index (χ0n) is 8.59. The molecule has 0 rings (SSSR count). The lowest BCUT2D eigenvalue weighted by Crippen LogP contribution is -2.08. The van der Waals surface area contributed by atoms with Crippen molar-refractivity contribution in [2.45, 2.75) is 39.5 Å². The standard InChI is InChI=1S/C10H17NO2/c1-10(2,8-11)7-5-4-6-9(12)13-3/h4-7H2,1-3H3. The molecule has 0 fully saturated rings. The van der Waals surface area contributed by atoms with Crippen molar-refractivity contribution >= 4 is 5.97 Å². The molecule has 0 bridgehead atoms. The van der Waals surface area contributed by atoms with Gasteiger partial charge in [-0.05, 0) is 26.7 Å². The third-order valence-electron chi connectivity index (χ3n) is 1.96. The number of hydrogen-bond acceptors (Lipinski definition) is 3. The molecule has 0 unspecified atom stereocenters. The first kappa shape index (κ1) is 12.0. The Bertz CT molecular complexity index is 203. The summed E-state index contributed by atoms with van der Waals surface area (Å²) < 4.78 is 4.50. The van der Waals surface area contributed by atoms with Gasteiger partial charge in [0.05, 0.1) is 18.6 Å². The highest BCUT2D eigenvalue weighted by molar-refractivity contribution is 5.68. The van der Waals surface area contributed by atoms with E-state index in [0.717, 1.165) is 19.3 Å². The SMILES string of the molecule is COC(=O)CCCCC(C)(C)C#N. The second-order valence-electron chi connectivity index (χ2n) is 3.78. The minimum atomic E-state index is -0.268. The van der Waals surface area contributed by atoms with Crippen molar-refractivity contribution in [2.24, 2.45) is 5.41 Å². The van der Waals surface area contributed by atoms with Crippen LogP contribution in [0.15, 0.2) is 0 Å². The van der Waals surface area contributed by atoms with Crippen molar-refractivity contribution in [3.05, 3.63) is 0 Å². The molecule has 0 aliphatic heterocycles. The minimum Gasteiger partial charge on any atom is -0.469 e. The molecule has 0 aromatic carbocycles. The first-order valence-corrected chi connectivity index (χ1v) is 4.50. The van der Waals surface area contributed by atoms with Crippen LogP contribution in [0.1, 0.15) is 39.5 Å². The van der Waals surface area contributed by atoms with E-state index in [1.165, 1.54) is 7.11 Å². The zero-order valence-corrected chi connectivity index (χ0v) is 8.59. The van der Waals surface area contributed by atoms with Gasteiger partial charge in [-0.15, -0.1) is 0 Å². The molecule has 0 heterocycles. The topological polar surface area (TPSA) is 50.1 Å². The summed E-state index contributed by atoms with van der Waals surface area (Å²) in [7, 11) is 1.39. The lowest BCUT2D eigenvalue weighted by molar-refractivity contribution is -0.140. The maximum atomic E-state index is 10.7. The van der Waals surface area contributed by atoms with Crippen molar-refractivity contribution in [2.75, 3.05) is 7.11 Å². The van der Waals surface area contributed by atoms with Gasteiger partial charge < -0.3 is 4.74 Å². The highest BCUT2D eigenvalue weighted by Gasteiger charge is 2.15. The normalized spacial score (nSPS) is 10.6. The van der Waals surface area contributed by atoms with Crippen molar-refractivity contribution in [1.82, 2.24) is 0 Å². The molecule has 13 heavy (non-hydrogen) atoms. The number of unbranched alkanes of at least 4 members (excludes halogenated alkanes) is 1. The van der Waals surface area contributed by atoms with Crippen LogP contribution in [-0.4, -0.2) is 13.1 Å². The molecule has 0 saturated heterocycles. The molecule has 0 aliphatic rings. The van der Waals surface area contributed by atoms with Gasteiger partial charge in [0, 0.05) is 6.42 Å². The van der Waals surface area contributed by atoms with Crippen LogP contribution < -0.4 is 0 Å². The van der Waals surface area contributed by atoms with Gasteiger partial charge in [-0.2, -0.15) is 5.26 Å². The molecule has 0 N–H and O–H groups in total. The highest BCUT2D eigenvalue weighted by atomic mass is 16.5. The Balaban J connectivity index is 3.48. The predicted molar refractivity (Wildman–Crippen MR) is 49.9 cm³/mol. The summed E-state index contributed by atoms with van der Waals surface area (Å²) in [6.07, 6.45) is 2.99. The van der Waals surface area contributed by atoms with E-state index in [4.69, 9.17) is 5.26 Å². The largest absolute Gasteiger partial charge is 0.469 e. The van der Waals surface area contributed by atoms with E-state index < -0.39 is 0 Å². The quantitative estimate of drug-likeness (QED) is 0.485. The monoisotopic (exact) mass is 183 g/mol. The van der Waals surface area contributed by atoms with Crippen molar-refractivity contribution in [3.63, 3.8) is 0 Å². The fourth-order valence-corrected chi connectivity index (χ4v) is 0.994. The zero-order chi connectivity index (χ0) is 10.3. The molecule has 0 radical (unpaired) electrons. The summed E-state index contributed by atoms with van der Waals surface area (Å²) >= 11 is 0. The van der Waals surface area contributed by atoms with Crippen molar-refractivity contribution < 1.29 is 9.53 Å². The molecule has 74 valence electrons. The predicted octanol–water partition coefficient (Wildman–Crippen LogP) is 2.27. The van der Waals surface area contributed by atoms with Crippen LogP contribution in [-0.2, 0) is 9.53 Å². The average molecular weight is 183 g/mol. The molecule has 0 aliphatic carbocycles. The highest BCUT2D eigenvalue weighted by Crippen LogP contribution is 2.21. The van der Waals surface area contributed by atoms with Crippen LogP contribution in [0, 0.1) is 16.7 Å². The molecule has 0 spiro atoms. The van der Waals surface area contributed by atoms with E-state index in [-0.39, 0.29) is 11.4 Å². The maximum absolute atomic E-state index is 10.7. The summed E-state index contributed by atoms with van der Waals surface area (Å²) in [5.41, 5.74) is -0.268. The summed E-state index contributed by atoms with van der Waals surface area (Å²) in [4.78, 5) is 10.7. The Morgan fingerprint density at radius 3 is 2.54 bits per heavy atom. The van der Waals surface area contributed by atoms with Crippen molar-refractivity contribution in [3.8, 4) is 6.07 Å². The molecule has 0 atom stereocenters. The molecule has 3 heteroatoms. The maximum Gasteiger partial charge on any atom is 0.305 e. The molecular weight excluding hydrogens is 166 g/mol. The number of esters is 1. The lowest BCUT2D eigenvalue weighted by Gasteiger charge is -2.13. The van der Waals surface area contributed by atoms with Gasteiger partial charge >= 0.3 is 5.97 Å². The molecular formula is C10H17NO2. The third kappa shape index (κ3) is 6.15. The van der Waals surface area contributed by atoms with Crippen LogP contribution in [0.5, 0.6) is 0 Å². The van der Waals surface area contributed by atoms with E-state index in [9.17, 15) is 4.79 Å². The first-order valence-electron chi connectivity index (χ1n) is 4.50. The number of nitriles is 1. The molecule has 0 aromatic heterocycles. The molecule has 0 aromatic rings. The molecule has 0 saturated carbocycles. The number of nitrogens with zero attached hydrogens (tertiary/aromatic N) is 1. The Morgan fingerprint density at radius 2 is 2.08 bits per heavy atom. The van der Waals surface area contributed by atoms with Gasteiger partial charge in [0.2, 0.25) is 0 Å². The number of carbonyl (C=O) groups excluding carboxylic acids is 1. The number of carbonyl (C=O) groups is 1. The van der Waals surface area contributed by atoms with Gasteiger partial charge in [-0.3, -0.25) is 4.79 Å². The number of methoxy groups -OCH3 is 1. The lowest BCUT2D eigenvalue weighted by atomic mass is 9.89. The van der Waals surface area contributed by atoms with Crippen LogP contribution in [0.3, 0.4) is 0 Å². The summed E-state index contributed by atoms with van der Waals surface area (Å²) in [5.74, 6) is -0.172. The molecule has 0 amide bonds. The average Bonchev–Trinajstić information content (AvgIpc) is 2.12. The number of rotatable bonds is 5. The summed E-state index contributed by atoms with van der Waals surface area (Å²) in [6, 6.07) is 2.23. The number of ether oxygens (including phenoxy) is 1. The van der Waals surface area contributed by atoms with Crippen molar-refractivity contribution in [1.29, 1.82) is 5.26 Å².